The first kappa shape index (κ1) is 31.2. The molecule has 0 N–H and O–H groups in total. The van der Waals surface area contributed by atoms with Crippen molar-refractivity contribution in [3.63, 3.8) is 0 Å². The maximum Gasteiger partial charge on any atom is 0.143 e. The first-order chi connectivity index (χ1) is 27.3. The van der Waals surface area contributed by atoms with Crippen LogP contribution in [0.3, 0.4) is 0 Å². The van der Waals surface area contributed by atoms with Crippen LogP contribution in [0.1, 0.15) is 0 Å². The Kier molecular flexibility index (Phi) is 7.17. The summed E-state index contributed by atoms with van der Waals surface area (Å²) in [5, 5.41) is 6.63. The molecule has 0 aliphatic heterocycles. The summed E-state index contributed by atoms with van der Waals surface area (Å²) in [5.41, 5.74) is 13.5. The fourth-order valence-electron chi connectivity index (χ4n) is 8.27. The molecule has 0 amide bonds. The van der Waals surface area contributed by atoms with Crippen molar-refractivity contribution in [3.05, 3.63) is 200 Å². The van der Waals surface area contributed by atoms with Gasteiger partial charge in [0, 0.05) is 38.4 Å². The van der Waals surface area contributed by atoms with Gasteiger partial charge in [0.15, 0.2) is 0 Å². The van der Waals surface area contributed by atoms with E-state index in [1.165, 1.54) is 16.7 Å². The number of fused-ring (bicyclic) bond motifs is 8. The van der Waals surface area contributed by atoms with Crippen LogP contribution in [-0.4, -0.2) is 0 Å². The second-order valence-electron chi connectivity index (χ2n) is 14.0. The van der Waals surface area contributed by atoms with Gasteiger partial charge in [-0.2, -0.15) is 0 Å². The Labute approximate surface area is 317 Å². The van der Waals surface area contributed by atoms with Crippen molar-refractivity contribution in [2.24, 2.45) is 0 Å². The Hall–Kier alpha value is -7.36. The van der Waals surface area contributed by atoms with Crippen molar-refractivity contribution in [1.82, 2.24) is 0 Å². The van der Waals surface area contributed by atoms with Gasteiger partial charge in [0.2, 0.25) is 0 Å². The highest BCUT2D eigenvalue weighted by Crippen LogP contribution is 2.48. The molecule has 55 heavy (non-hydrogen) atoms. The predicted molar refractivity (Wildman–Crippen MR) is 229 cm³/mol. The molecular weight excluding hydrogens is 671 g/mol. The molecule has 0 atom stereocenters. The van der Waals surface area contributed by atoms with E-state index >= 15 is 0 Å². The molecule has 0 radical (unpaired) electrons. The molecule has 0 bridgehead atoms. The van der Waals surface area contributed by atoms with Crippen LogP contribution in [0.4, 0.5) is 17.1 Å². The van der Waals surface area contributed by atoms with Gasteiger partial charge in [0.05, 0.1) is 16.8 Å². The molecule has 0 unspecified atom stereocenters. The zero-order chi connectivity index (χ0) is 36.3. The normalized spacial score (nSPS) is 11.6. The van der Waals surface area contributed by atoms with E-state index in [1.807, 2.05) is 12.1 Å². The second kappa shape index (κ2) is 12.6. The Morgan fingerprint density at radius 3 is 1.69 bits per heavy atom. The number of rotatable bonds is 6. The summed E-state index contributed by atoms with van der Waals surface area (Å²) in [6.07, 6.45) is 0. The average molecular weight is 704 g/mol. The molecule has 3 heteroatoms. The molecule has 9 aromatic carbocycles. The molecule has 0 saturated carbocycles. The second-order valence-corrected chi connectivity index (χ2v) is 14.0. The molecule has 0 spiro atoms. The standard InChI is InChI=1S/C52H33NO2/c1-2-12-34(13-3-1)35-24-26-36(27-25-35)37-28-31-39(32-29-37)53(47-21-11-23-49-50(47)45-33-30-38-14-4-5-15-40(38)51(45)55-49)46-20-8-6-16-41(46)43-18-10-19-44-42-17-7-9-22-48(42)54-52(43)44/h1-33H. The summed E-state index contributed by atoms with van der Waals surface area (Å²) >= 11 is 0. The van der Waals surface area contributed by atoms with E-state index in [1.54, 1.807) is 0 Å². The third-order valence-corrected chi connectivity index (χ3v) is 10.9. The minimum atomic E-state index is 0.848. The molecule has 3 nitrogen and oxygen atoms in total. The summed E-state index contributed by atoms with van der Waals surface area (Å²) in [4.78, 5) is 2.38. The van der Waals surface area contributed by atoms with Crippen LogP contribution in [-0.2, 0) is 0 Å². The minimum Gasteiger partial charge on any atom is -0.455 e. The lowest BCUT2D eigenvalue weighted by atomic mass is 9.98. The monoisotopic (exact) mass is 703 g/mol. The maximum absolute atomic E-state index is 6.71. The average Bonchev–Trinajstić information content (AvgIpc) is 3.84. The van der Waals surface area contributed by atoms with Crippen LogP contribution >= 0.6 is 0 Å². The van der Waals surface area contributed by atoms with Gasteiger partial charge in [-0.15, -0.1) is 0 Å². The Balaban J connectivity index is 1.12. The quantitative estimate of drug-likeness (QED) is 0.173. The lowest BCUT2D eigenvalue weighted by molar-refractivity contribution is 0.670. The van der Waals surface area contributed by atoms with Crippen LogP contribution in [0.15, 0.2) is 209 Å². The van der Waals surface area contributed by atoms with Gasteiger partial charge in [-0.05, 0) is 70.1 Å². The first-order valence-electron chi connectivity index (χ1n) is 18.7. The summed E-state index contributed by atoms with van der Waals surface area (Å²) in [7, 11) is 0. The fourth-order valence-corrected chi connectivity index (χ4v) is 8.27. The maximum atomic E-state index is 6.71. The van der Waals surface area contributed by atoms with Gasteiger partial charge in [0.1, 0.15) is 22.3 Å². The van der Waals surface area contributed by atoms with Crippen molar-refractivity contribution in [3.8, 4) is 33.4 Å². The molecular formula is C52H33NO2. The summed E-state index contributed by atoms with van der Waals surface area (Å²) in [5.74, 6) is 0. The molecule has 0 aliphatic rings. The minimum absolute atomic E-state index is 0.848. The molecule has 11 rings (SSSR count). The Morgan fingerprint density at radius 2 is 0.873 bits per heavy atom. The lowest BCUT2D eigenvalue weighted by Crippen LogP contribution is -2.11. The molecule has 0 saturated heterocycles. The van der Waals surface area contributed by atoms with Gasteiger partial charge >= 0.3 is 0 Å². The summed E-state index contributed by atoms with van der Waals surface area (Å²) in [6.45, 7) is 0. The number of furan rings is 2. The molecule has 2 aromatic heterocycles. The van der Waals surface area contributed by atoms with E-state index in [2.05, 4.69) is 193 Å². The number of anilines is 3. The Morgan fingerprint density at radius 1 is 0.309 bits per heavy atom. The van der Waals surface area contributed by atoms with Crippen LogP contribution in [0.5, 0.6) is 0 Å². The van der Waals surface area contributed by atoms with Crippen molar-refractivity contribution in [2.45, 2.75) is 0 Å². The van der Waals surface area contributed by atoms with E-state index in [4.69, 9.17) is 8.83 Å². The van der Waals surface area contributed by atoms with Crippen molar-refractivity contribution in [1.29, 1.82) is 0 Å². The van der Waals surface area contributed by atoms with Gasteiger partial charge in [-0.3, -0.25) is 0 Å². The van der Waals surface area contributed by atoms with E-state index in [9.17, 15) is 0 Å². The van der Waals surface area contributed by atoms with E-state index in [0.29, 0.717) is 0 Å². The van der Waals surface area contributed by atoms with Crippen LogP contribution in [0.25, 0.3) is 88.0 Å². The number of hydrogen-bond acceptors (Lipinski definition) is 3. The molecule has 11 aromatic rings. The third kappa shape index (κ3) is 5.13. The summed E-state index contributed by atoms with van der Waals surface area (Å²) in [6, 6.07) is 70.9. The largest absolute Gasteiger partial charge is 0.455 e. The highest BCUT2D eigenvalue weighted by molar-refractivity contribution is 6.20. The van der Waals surface area contributed by atoms with E-state index < -0.39 is 0 Å². The first-order valence-corrected chi connectivity index (χ1v) is 18.7. The SMILES string of the molecule is c1ccc(-c2ccc(-c3ccc(N(c4ccccc4-c4cccc5c4oc4ccccc45)c4cccc5oc6c7ccccc7ccc6c45)cc3)cc2)cc1. The van der Waals surface area contributed by atoms with Crippen LogP contribution in [0.2, 0.25) is 0 Å². The number of hydrogen-bond donors (Lipinski definition) is 0. The van der Waals surface area contributed by atoms with Crippen molar-refractivity contribution >= 4 is 71.7 Å². The number of nitrogens with zero attached hydrogens (tertiary/aromatic N) is 1. The fraction of sp³-hybridized carbons (Fsp3) is 0. The smallest absolute Gasteiger partial charge is 0.143 e. The highest BCUT2D eigenvalue weighted by atomic mass is 16.3. The van der Waals surface area contributed by atoms with E-state index in [0.717, 1.165) is 88.4 Å². The van der Waals surface area contributed by atoms with Gasteiger partial charge in [0.25, 0.3) is 0 Å². The van der Waals surface area contributed by atoms with E-state index in [-0.39, 0.29) is 0 Å². The molecule has 0 fully saturated rings. The number of benzene rings is 9. The predicted octanol–water partition coefficient (Wildman–Crippen LogP) is 15.1. The van der Waals surface area contributed by atoms with Gasteiger partial charge in [-0.1, -0.05) is 158 Å². The van der Waals surface area contributed by atoms with Crippen molar-refractivity contribution < 1.29 is 8.83 Å². The molecule has 2 heterocycles. The zero-order valence-corrected chi connectivity index (χ0v) is 29.8. The van der Waals surface area contributed by atoms with Gasteiger partial charge < -0.3 is 13.7 Å². The van der Waals surface area contributed by atoms with Crippen LogP contribution < -0.4 is 4.90 Å². The van der Waals surface area contributed by atoms with Crippen LogP contribution in [0, 0.1) is 0 Å². The lowest BCUT2D eigenvalue weighted by Gasteiger charge is -2.28. The molecule has 258 valence electrons. The third-order valence-electron chi connectivity index (χ3n) is 10.9. The van der Waals surface area contributed by atoms with Crippen molar-refractivity contribution in [2.75, 3.05) is 4.90 Å². The zero-order valence-electron chi connectivity index (χ0n) is 29.8. The highest BCUT2D eigenvalue weighted by Gasteiger charge is 2.24. The summed E-state index contributed by atoms with van der Waals surface area (Å²) < 4.78 is 13.3. The topological polar surface area (TPSA) is 29.5 Å². The number of para-hydroxylation sites is 3. The molecule has 0 aliphatic carbocycles. The Bertz CT molecular complexity index is 3190. The van der Waals surface area contributed by atoms with Gasteiger partial charge in [-0.25, -0.2) is 0 Å².